The van der Waals surface area contributed by atoms with Gasteiger partial charge in [-0.3, -0.25) is 4.79 Å². The highest BCUT2D eigenvalue weighted by atomic mass is 32.2. The molecule has 0 saturated carbocycles. The second kappa shape index (κ2) is 5.64. The van der Waals surface area contributed by atoms with Crippen molar-refractivity contribution in [3.8, 4) is 0 Å². The lowest BCUT2D eigenvalue weighted by Crippen LogP contribution is -2.09. The van der Waals surface area contributed by atoms with Crippen LogP contribution in [0.3, 0.4) is 0 Å². The Bertz CT molecular complexity index is 354. The van der Waals surface area contributed by atoms with Gasteiger partial charge in [-0.15, -0.1) is 23.5 Å². The summed E-state index contributed by atoms with van der Waals surface area (Å²) < 4.78 is 4.61. The topological polar surface area (TPSA) is 26.3 Å². The first-order valence-corrected chi connectivity index (χ1v) is 7.22. The Morgan fingerprint density at radius 1 is 1.56 bits per heavy atom. The van der Waals surface area contributed by atoms with Gasteiger partial charge in [-0.2, -0.15) is 0 Å². The summed E-state index contributed by atoms with van der Waals surface area (Å²) >= 11 is 3.58. The molecule has 0 amide bonds. The fourth-order valence-corrected chi connectivity index (χ4v) is 4.11. The molecular weight excluding hydrogens is 240 g/mol. The van der Waals surface area contributed by atoms with Gasteiger partial charge in [0, 0.05) is 15.9 Å². The lowest BCUT2D eigenvalue weighted by atomic mass is 10.1. The zero-order valence-electron chi connectivity index (χ0n) is 9.14. The number of ether oxygens (including phenoxy) is 1. The summed E-state index contributed by atoms with van der Waals surface area (Å²) in [5.74, 6) is 1.34. The third kappa shape index (κ3) is 2.95. The third-order valence-corrected chi connectivity index (χ3v) is 5.07. The van der Waals surface area contributed by atoms with E-state index in [0.29, 0.717) is 11.0 Å². The first-order chi connectivity index (χ1) is 7.79. The van der Waals surface area contributed by atoms with Crippen LogP contribution in [0.4, 0.5) is 0 Å². The van der Waals surface area contributed by atoms with E-state index in [-0.39, 0.29) is 5.97 Å². The highest BCUT2D eigenvalue weighted by Gasteiger charge is 2.21. The molecule has 0 fully saturated rings. The first kappa shape index (κ1) is 11.9. The van der Waals surface area contributed by atoms with E-state index in [4.69, 9.17) is 0 Å². The summed E-state index contributed by atoms with van der Waals surface area (Å²) in [5.41, 5.74) is 1.44. The lowest BCUT2D eigenvalue weighted by molar-refractivity contribution is -0.137. The molecular formula is C12H14O2S2. The van der Waals surface area contributed by atoms with Crippen molar-refractivity contribution < 1.29 is 9.53 Å². The van der Waals surface area contributed by atoms with Gasteiger partial charge in [-0.05, 0) is 18.1 Å². The second-order valence-corrected chi connectivity index (χ2v) is 6.02. The Labute approximate surface area is 104 Å². The lowest BCUT2D eigenvalue weighted by Gasteiger charge is -2.06. The summed E-state index contributed by atoms with van der Waals surface area (Å²) in [6.07, 6.45) is 1.12. The predicted molar refractivity (Wildman–Crippen MR) is 69.1 cm³/mol. The molecule has 1 aliphatic heterocycles. The van der Waals surface area contributed by atoms with Crippen LogP contribution in [0.5, 0.6) is 0 Å². The number of hydrogen-bond donors (Lipinski definition) is 0. The number of fused-ring (bicyclic) bond motifs is 1. The molecule has 0 aromatic heterocycles. The molecule has 1 atom stereocenters. The van der Waals surface area contributed by atoms with Crippen LogP contribution in [0.1, 0.15) is 5.56 Å². The minimum atomic E-state index is -0.134. The van der Waals surface area contributed by atoms with Gasteiger partial charge >= 0.3 is 5.97 Å². The van der Waals surface area contributed by atoms with Gasteiger partial charge in [0.05, 0.1) is 12.9 Å². The number of rotatable bonds is 4. The van der Waals surface area contributed by atoms with Crippen molar-refractivity contribution in [3.63, 3.8) is 0 Å². The van der Waals surface area contributed by atoms with Crippen LogP contribution in [0, 0.1) is 0 Å². The normalized spacial score (nSPS) is 18.2. The van der Waals surface area contributed by atoms with Gasteiger partial charge in [-0.25, -0.2) is 0 Å². The van der Waals surface area contributed by atoms with E-state index in [9.17, 15) is 4.79 Å². The van der Waals surface area contributed by atoms with Gasteiger partial charge in [0.2, 0.25) is 0 Å². The number of hydrogen-bond acceptors (Lipinski definition) is 4. The van der Waals surface area contributed by atoms with E-state index in [2.05, 4.69) is 29.0 Å². The number of benzene rings is 1. The molecule has 2 rings (SSSR count). The molecule has 4 heteroatoms. The van der Waals surface area contributed by atoms with Crippen molar-refractivity contribution in [1.29, 1.82) is 0 Å². The Hall–Kier alpha value is -0.610. The minimum Gasteiger partial charge on any atom is -0.468 e. The first-order valence-electron chi connectivity index (χ1n) is 5.18. The molecule has 1 aromatic rings. The maximum absolute atomic E-state index is 11.0. The molecule has 1 unspecified atom stereocenters. The average Bonchev–Trinajstić information content (AvgIpc) is 2.71. The second-order valence-electron chi connectivity index (χ2n) is 3.64. The number of carbonyl (C=O) groups excluding carboxylic acids is 1. The summed E-state index contributed by atoms with van der Waals surface area (Å²) in [4.78, 5) is 12.3. The van der Waals surface area contributed by atoms with Crippen LogP contribution in [0.2, 0.25) is 0 Å². The molecule has 0 bridgehead atoms. The maximum Gasteiger partial charge on any atom is 0.315 e. The highest BCUT2D eigenvalue weighted by Crippen LogP contribution is 2.37. The fourth-order valence-electron chi connectivity index (χ4n) is 1.68. The molecule has 16 heavy (non-hydrogen) atoms. The Kier molecular flexibility index (Phi) is 4.18. The third-order valence-electron chi connectivity index (χ3n) is 2.47. The van der Waals surface area contributed by atoms with Gasteiger partial charge in [0.1, 0.15) is 0 Å². The van der Waals surface area contributed by atoms with E-state index >= 15 is 0 Å². The zero-order chi connectivity index (χ0) is 11.4. The average molecular weight is 254 g/mol. The Balaban J connectivity index is 1.77. The summed E-state index contributed by atoms with van der Waals surface area (Å²) in [7, 11) is 1.43. The molecule has 0 aliphatic carbocycles. The van der Waals surface area contributed by atoms with Gasteiger partial charge in [0.25, 0.3) is 0 Å². The largest absolute Gasteiger partial charge is 0.468 e. The molecule has 1 heterocycles. The van der Waals surface area contributed by atoms with Crippen molar-refractivity contribution >= 4 is 29.5 Å². The van der Waals surface area contributed by atoms with Crippen LogP contribution in [0.15, 0.2) is 29.2 Å². The molecule has 0 N–H and O–H groups in total. The summed E-state index contributed by atoms with van der Waals surface area (Å²) in [5, 5.41) is 0.604. The van der Waals surface area contributed by atoms with Crippen LogP contribution in [0.25, 0.3) is 0 Å². The van der Waals surface area contributed by atoms with Gasteiger partial charge in [-0.1, -0.05) is 18.2 Å². The van der Waals surface area contributed by atoms with Gasteiger partial charge < -0.3 is 4.74 Å². The highest BCUT2D eigenvalue weighted by molar-refractivity contribution is 8.03. The summed E-state index contributed by atoms with van der Waals surface area (Å²) in [6, 6.07) is 8.53. The monoisotopic (exact) mass is 254 g/mol. The SMILES string of the molecule is COC(=O)CSCC1Cc2ccccc2S1. The quantitative estimate of drug-likeness (QED) is 0.772. The van der Waals surface area contributed by atoms with E-state index in [1.54, 1.807) is 11.8 Å². The van der Waals surface area contributed by atoms with E-state index < -0.39 is 0 Å². The molecule has 0 saturated heterocycles. The molecule has 1 aliphatic rings. The number of esters is 1. The minimum absolute atomic E-state index is 0.134. The smallest absolute Gasteiger partial charge is 0.315 e. The van der Waals surface area contributed by atoms with Crippen molar-refractivity contribution in [1.82, 2.24) is 0 Å². The van der Waals surface area contributed by atoms with Crippen LogP contribution in [-0.2, 0) is 16.0 Å². The molecule has 86 valence electrons. The van der Waals surface area contributed by atoms with Crippen molar-refractivity contribution in [2.75, 3.05) is 18.6 Å². The number of methoxy groups -OCH3 is 1. The molecule has 2 nitrogen and oxygen atoms in total. The van der Waals surface area contributed by atoms with Crippen molar-refractivity contribution in [3.05, 3.63) is 29.8 Å². The zero-order valence-corrected chi connectivity index (χ0v) is 10.8. The molecule has 1 aromatic carbocycles. The summed E-state index contributed by atoms with van der Waals surface area (Å²) in [6.45, 7) is 0. The van der Waals surface area contributed by atoms with Gasteiger partial charge in [0.15, 0.2) is 0 Å². The van der Waals surface area contributed by atoms with Crippen LogP contribution in [-0.4, -0.2) is 29.8 Å². The van der Waals surface area contributed by atoms with E-state index in [1.807, 2.05) is 11.8 Å². The van der Waals surface area contributed by atoms with Crippen LogP contribution >= 0.6 is 23.5 Å². The van der Waals surface area contributed by atoms with E-state index in [0.717, 1.165) is 12.2 Å². The standard InChI is InChI=1S/C12H14O2S2/c1-14-12(13)8-15-7-10-6-9-4-2-3-5-11(9)16-10/h2-5,10H,6-8H2,1H3. The van der Waals surface area contributed by atoms with E-state index in [1.165, 1.54) is 17.6 Å². The Morgan fingerprint density at radius 2 is 2.38 bits per heavy atom. The molecule has 0 spiro atoms. The Morgan fingerprint density at radius 3 is 3.12 bits per heavy atom. The van der Waals surface area contributed by atoms with Crippen LogP contribution < -0.4 is 0 Å². The predicted octanol–water partition coefficient (Wildman–Crippen LogP) is 2.61. The van der Waals surface area contributed by atoms with Crippen molar-refractivity contribution in [2.45, 2.75) is 16.6 Å². The van der Waals surface area contributed by atoms with Crippen molar-refractivity contribution in [2.24, 2.45) is 0 Å². The number of carbonyl (C=O) groups is 1. The fraction of sp³-hybridized carbons (Fsp3) is 0.417. The molecule has 0 radical (unpaired) electrons. The number of thioether (sulfide) groups is 2. The maximum atomic E-state index is 11.0.